The number of aromatic nitrogens is 6. The molecular formula is C42H40F3N7O6. The molecule has 6 aromatic rings. The maximum Gasteiger partial charge on any atom is 0.407 e. The second-order valence-electron chi connectivity index (χ2n) is 15.5. The third-order valence-electron chi connectivity index (χ3n) is 10.2. The molecule has 3 aromatic heterocycles. The van der Waals surface area contributed by atoms with Crippen LogP contribution in [-0.4, -0.2) is 71.1 Å². The Kier molecular flexibility index (Phi) is 10.4. The van der Waals surface area contributed by atoms with Crippen LogP contribution in [0.15, 0.2) is 72.9 Å². The highest BCUT2D eigenvalue weighted by Gasteiger charge is 2.34. The Morgan fingerprint density at radius 1 is 0.948 bits per heavy atom. The average molecular weight is 796 g/mol. The molecule has 0 bridgehead atoms. The van der Waals surface area contributed by atoms with Gasteiger partial charge in [-0.1, -0.05) is 23.4 Å². The topological polar surface area (TPSA) is 156 Å². The second-order valence-corrected chi connectivity index (χ2v) is 15.5. The molecule has 58 heavy (non-hydrogen) atoms. The van der Waals surface area contributed by atoms with Gasteiger partial charge in [0.05, 0.1) is 47.2 Å². The number of hydrogen-bond acceptors (Lipinski definition) is 9. The summed E-state index contributed by atoms with van der Waals surface area (Å²) < 4.78 is 66.9. The molecule has 300 valence electrons. The van der Waals surface area contributed by atoms with E-state index in [2.05, 4.69) is 25.6 Å². The summed E-state index contributed by atoms with van der Waals surface area (Å²) in [6.07, 6.45) is 3.27. The number of pyridine rings is 1. The Morgan fingerprint density at radius 2 is 1.74 bits per heavy atom. The Morgan fingerprint density at radius 3 is 2.47 bits per heavy atom. The number of carboxylic acids is 1. The van der Waals surface area contributed by atoms with Crippen molar-refractivity contribution in [1.82, 2.24) is 34.8 Å². The van der Waals surface area contributed by atoms with Crippen molar-refractivity contribution in [2.75, 3.05) is 6.61 Å². The molecule has 1 amide bonds. The number of hydrogen-bond donors (Lipinski definition) is 2. The fourth-order valence-corrected chi connectivity index (χ4v) is 6.97. The zero-order valence-corrected chi connectivity index (χ0v) is 31.9. The van der Waals surface area contributed by atoms with Gasteiger partial charge in [0, 0.05) is 41.8 Å². The summed E-state index contributed by atoms with van der Waals surface area (Å²) in [7, 11) is 0. The molecule has 2 aliphatic rings. The van der Waals surface area contributed by atoms with Gasteiger partial charge in [0.2, 0.25) is 5.88 Å². The molecule has 16 heteroatoms. The Bertz CT molecular complexity index is 2520. The number of fused-ring (bicyclic) bond motifs is 1. The van der Waals surface area contributed by atoms with E-state index in [1.54, 1.807) is 60.5 Å². The van der Waals surface area contributed by atoms with Crippen molar-refractivity contribution in [1.29, 1.82) is 0 Å². The number of carbonyl (C=O) groups excluding carboxylic acids is 1. The van der Waals surface area contributed by atoms with E-state index in [9.17, 15) is 14.7 Å². The molecule has 2 fully saturated rings. The summed E-state index contributed by atoms with van der Waals surface area (Å²) in [5.74, 6) is -2.48. The van der Waals surface area contributed by atoms with Gasteiger partial charge in [0.1, 0.15) is 41.2 Å². The normalized spacial score (nSPS) is 17.7. The Labute approximate surface area is 330 Å². The van der Waals surface area contributed by atoms with E-state index in [4.69, 9.17) is 14.2 Å². The lowest BCUT2D eigenvalue weighted by Gasteiger charge is -2.35. The van der Waals surface area contributed by atoms with Gasteiger partial charge in [0.25, 0.3) is 0 Å². The number of alkyl carbamates (subject to hydrolysis) is 1. The van der Waals surface area contributed by atoms with Crippen LogP contribution < -0.4 is 10.1 Å². The van der Waals surface area contributed by atoms with Crippen LogP contribution in [0.5, 0.6) is 5.88 Å². The molecule has 1 saturated heterocycles. The fraction of sp³-hybridized carbons (Fsp3) is 0.333. The summed E-state index contributed by atoms with van der Waals surface area (Å²) >= 11 is 0. The van der Waals surface area contributed by atoms with Gasteiger partial charge in [-0.2, -0.15) is 0 Å². The van der Waals surface area contributed by atoms with Crippen molar-refractivity contribution in [2.24, 2.45) is 0 Å². The molecular weight excluding hydrogens is 755 g/mol. The number of imidazole rings is 1. The van der Waals surface area contributed by atoms with E-state index in [1.807, 2.05) is 0 Å². The number of nitrogens with one attached hydrogen (secondary N) is 1. The number of carbonyl (C=O) groups is 2. The average Bonchev–Trinajstić information content (AvgIpc) is 3.76. The summed E-state index contributed by atoms with van der Waals surface area (Å²) in [5, 5.41) is 20.8. The highest BCUT2D eigenvalue weighted by molar-refractivity contribution is 5.92. The predicted octanol–water partition coefficient (Wildman–Crippen LogP) is 7.66. The first-order chi connectivity index (χ1) is 27.8. The first kappa shape index (κ1) is 38.6. The predicted molar refractivity (Wildman–Crippen MR) is 205 cm³/mol. The van der Waals surface area contributed by atoms with Crippen LogP contribution in [-0.2, 0) is 29.0 Å². The standard InChI is InChI=1S/C42H40F3N7O6/c1-42(2,3)58-41(55)46-27-17-28(18-27)52-21-36(49-50-52)23-7-8-25(31(43)13-23)22-57-39-6-4-5-34(48-39)30-19-32(44)26(14-33(30)45)16-38-47-35-10-9-24(40(53)54)15-37(35)51(38)20-29-11-12-56-29/h4-10,13-15,19,21,27-29H,11-12,16-18,20,22H2,1-3H3,(H,46,55)(H,53,54)/t27-,28+,29-/m0/s1. The molecule has 0 spiro atoms. The van der Waals surface area contributed by atoms with Gasteiger partial charge in [-0.25, -0.2) is 37.4 Å². The van der Waals surface area contributed by atoms with E-state index < -0.39 is 35.1 Å². The molecule has 1 aliphatic heterocycles. The van der Waals surface area contributed by atoms with Gasteiger partial charge in [-0.05, 0) is 88.1 Å². The van der Waals surface area contributed by atoms with E-state index in [0.29, 0.717) is 54.1 Å². The van der Waals surface area contributed by atoms with Gasteiger partial charge >= 0.3 is 12.1 Å². The number of benzene rings is 3. The highest BCUT2D eigenvalue weighted by Crippen LogP contribution is 2.34. The number of amides is 1. The lowest BCUT2D eigenvalue weighted by molar-refractivity contribution is -0.0589. The monoisotopic (exact) mass is 795 g/mol. The van der Waals surface area contributed by atoms with Crippen LogP contribution >= 0.6 is 0 Å². The van der Waals surface area contributed by atoms with Crippen molar-refractivity contribution in [2.45, 2.75) is 83.4 Å². The number of rotatable bonds is 12. The maximum atomic E-state index is 15.7. The number of ether oxygens (including phenoxy) is 3. The number of carboxylic acid groups (broad SMARTS) is 1. The van der Waals surface area contributed by atoms with Crippen molar-refractivity contribution < 1.29 is 42.1 Å². The van der Waals surface area contributed by atoms with Crippen LogP contribution in [0.2, 0.25) is 0 Å². The van der Waals surface area contributed by atoms with Gasteiger partial charge < -0.3 is 29.2 Å². The number of halogens is 3. The smallest absolute Gasteiger partial charge is 0.407 e. The van der Waals surface area contributed by atoms with Gasteiger partial charge in [0.15, 0.2) is 0 Å². The summed E-state index contributed by atoms with van der Waals surface area (Å²) in [5.41, 5.74) is 1.96. The maximum absolute atomic E-state index is 15.7. The molecule has 1 atom stereocenters. The highest BCUT2D eigenvalue weighted by atomic mass is 19.1. The number of nitrogens with zero attached hydrogens (tertiary/aromatic N) is 6. The number of aromatic carboxylic acids is 1. The third-order valence-corrected chi connectivity index (χ3v) is 10.2. The minimum atomic E-state index is -1.08. The summed E-state index contributed by atoms with van der Waals surface area (Å²) in [4.78, 5) is 32.7. The van der Waals surface area contributed by atoms with Crippen LogP contribution in [0.3, 0.4) is 0 Å². The zero-order chi connectivity index (χ0) is 40.7. The molecule has 2 N–H and O–H groups in total. The Balaban J connectivity index is 0.914. The minimum absolute atomic E-state index is 0.0363. The van der Waals surface area contributed by atoms with E-state index in [-0.39, 0.29) is 65.0 Å². The Hall–Kier alpha value is -6.29. The van der Waals surface area contributed by atoms with E-state index >= 15 is 13.2 Å². The lowest BCUT2D eigenvalue weighted by atomic mass is 9.87. The summed E-state index contributed by atoms with van der Waals surface area (Å²) in [6.45, 7) is 6.24. The fourth-order valence-electron chi connectivity index (χ4n) is 6.97. The van der Waals surface area contributed by atoms with Crippen molar-refractivity contribution in [3.8, 4) is 28.4 Å². The molecule has 4 heterocycles. The zero-order valence-electron chi connectivity index (χ0n) is 31.9. The summed E-state index contributed by atoms with van der Waals surface area (Å²) in [6, 6.07) is 16.0. The third kappa shape index (κ3) is 8.37. The van der Waals surface area contributed by atoms with Crippen molar-refractivity contribution in [3.63, 3.8) is 0 Å². The minimum Gasteiger partial charge on any atom is -0.478 e. The molecule has 1 saturated carbocycles. The van der Waals surface area contributed by atoms with Crippen LogP contribution in [0.1, 0.15) is 73.4 Å². The SMILES string of the molecule is CC(C)(C)OC(=O)N[C@H]1C[C@@H](n2cc(-c3ccc(COc4cccc(-c5cc(F)c(Cc6nc7ccc(C(=O)O)cc7n6C[C@@H]6CCO6)cc5F)n4)c(F)c3)nn2)C1. The molecule has 0 unspecified atom stereocenters. The molecule has 0 radical (unpaired) electrons. The molecule has 13 nitrogen and oxygen atoms in total. The van der Waals surface area contributed by atoms with E-state index in [0.717, 1.165) is 18.6 Å². The largest absolute Gasteiger partial charge is 0.478 e. The molecule has 1 aliphatic carbocycles. The lowest BCUT2D eigenvalue weighted by Crippen LogP contribution is -2.46. The van der Waals surface area contributed by atoms with Crippen LogP contribution in [0, 0.1) is 17.5 Å². The second kappa shape index (κ2) is 15.6. The van der Waals surface area contributed by atoms with Crippen molar-refractivity contribution >= 4 is 23.1 Å². The molecule has 8 rings (SSSR count). The first-order valence-electron chi connectivity index (χ1n) is 18.9. The first-order valence-corrected chi connectivity index (χ1v) is 18.9. The van der Waals surface area contributed by atoms with Crippen LogP contribution in [0.25, 0.3) is 33.5 Å². The van der Waals surface area contributed by atoms with Gasteiger partial charge in [-0.15, -0.1) is 5.10 Å². The van der Waals surface area contributed by atoms with Crippen LogP contribution in [0.4, 0.5) is 18.0 Å². The van der Waals surface area contributed by atoms with Gasteiger partial charge in [-0.3, -0.25) is 0 Å². The van der Waals surface area contributed by atoms with E-state index in [1.165, 1.54) is 30.3 Å². The molecule has 3 aromatic carbocycles. The quantitative estimate of drug-likeness (QED) is 0.126. The van der Waals surface area contributed by atoms with Crippen molar-refractivity contribution in [3.05, 3.63) is 113 Å².